The molecule has 0 saturated carbocycles. The number of hydrogen-bond acceptors (Lipinski definition) is 6. The summed E-state index contributed by atoms with van der Waals surface area (Å²) in [5, 5.41) is 0. The molecule has 0 radical (unpaired) electrons. The van der Waals surface area contributed by atoms with Crippen molar-refractivity contribution in [1.29, 1.82) is 0 Å². The maximum absolute atomic E-state index is 5.68. The molecule has 240 valence electrons. The van der Waals surface area contributed by atoms with Crippen molar-refractivity contribution < 1.29 is 28.4 Å². The number of ether oxygens (including phenoxy) is 6. The van der Waals surface area contributed by atoms with E-state index in [-0.39, 0.29) is 0 Å². The predicted molar refractivity (Wildman–Crippen MR) is 170 cm³/mol. The average Bonchev–Trinajstić information content (AvgIpc) is 3.00. The third kappa shape index (κ3) is 30.2. The standard InChI is InChI=1S/C35H64O6/c1-2-3-4-5-6-7-8-9-10-11-12-13-14-15-16-20-23-36-24-25-37-26-27-38-28-29-39-30-31-40-32-33-41-34-35-21-18-17-19-22-35/h17-19,21-22H,2-16,20,23-34H2,1H3. The zero-order valence-electron chi connectivity index (χ0n) is 26.6. The molecule has 0 amide bonds. The van der Waals surface area contributed by atoms with Crippen molar-refractivity contribution in [2.45, 2.75) is 116 Å². The van der Waals surface area contributed by atoms with Gasteiger partial charge in [-0.1, -0.05) is 134 Å². The van der Waals surface area contributed by atoms with Crippen LogP contribution in [0.1, 0.15) is 115 Å². The van der Waals surface area contributed by atoms with E-state index in [9.17, 15) is 0 Å². The van der Waals surface area contributed by atoms with Crippen molar-refractivity contribution in [3.05, 3.63) is 35.9 Å². The Morgan fingerprint density at radius 2 is 0.659 bits per heavy atom. The van der Waals surface area contributed by atoms with E-state index in [2.05, 4.69) is 19.1 Å². The molecule has 0 fully saturated rings. The van der Waals surface area contributed by atoms with Crippen LogP contribution in [-0.4, -0.2) is 72.7 Å². The zero-order chi connectivity index (χ0) is 29.2. The summed E-state index contributed by atoms with van der Waals surface area (Å²) < 4.78 is 33.4. The van der Waals surface area contributed by atoms with Crippen LogP contribution in [0.4, 0.5) is 0 Å². The average molecular weight is 581 g/mol. The molecule has 1 aromatic rings. The molecule has 6 heteroatoms. The van der Waals surface area contributed by atoms with Crippen LogP contribution in [0.3, 0.4) is 0 Å². The number of benzene rings is 1. The Balaban J connectivity index is 1.61. The van der Waals surface area contributed by atoms with Gasteiger partial charge in [0.25, 0.3) is 0 Å². The van der Waals surface area contributed by atoms with Gasteiger partial charge in [-0.05, 0) is 12.0 Å². The molecule has 0 atom stereocenters. The van der Waals surface area contributed by atoms with Crippen LogP contribution in [0.5, 0.6) is 0 Å². The van der Waals surface area contributed by atoms with Crippen LogP contribution in [0.25, 0.3) is 0 Å². The molecule has 0 bridgehead atoms. The summed E-state index contributed by atoms with van der Waals surface area (Å²) in [5.41, 5.74) is 1.18. The van der Waals surface area contributed by atoms with E-state index in [4.69, 9.17) is 28.4 Å². The van der Waals surface area contributed by atoms with Gasteiger partial charge in [0, 0.05) is 6.61 Å². The van der Waals surface area contributed by atoms with Gasteiger partial charge in [0.1, 0.15) is 0 Å². The lowest BCUT2D eigenvalue weighted by Crippen LogP contribution is -2.14. The minimum Gasteiger partial charge on any atom is -0.379 e. The predicted octanol–water partition coefficient (Wildman–Crippen LogP) is 8.55. The second-order valence-electron chi connectivity index (χ2n) is 10.9. The first-order valence-corrected chi connectivity index (χ1v) is 16.9. The molecule has 0 unspecified atom stereocenters. The Morgan fingerprint density at radius 3 is 1.05 bits per heavy atom. The van der Waals surface area contributed by atoms with Gasteiger partial charge in [-0.15, -0.1) is 0 Å². The molecule has 1 aromatic carbocycles. The van der Waals surface area contributed by atoms with E-state index < -0.39 is 0 Å². The van der Waals surface area contributed by atoms with E-state index in [0.29, 0.717) is 72.7 Å². The van der Waals surface area contributed by atoms with Gasteiger partial charge in [0.2, 0.25) is 0 Å². The summed E-state index contributed by atoms with van der Waals surface area (Å²) in [7, 11) is 0. The smallest absolute Gasteiger partial charge is 0.0718 e. The van der Waals surface area contributed by atoms with Gasteiger partial charge >= 0.3 is 0 Å². The van der Waals surface area contributed by atoms with Crippen molar-refractivity contribution >= 4 is 0 Å². The molecule has 0 aliphatic rings. The Hall–Kier alpha value is -1.02. The molecule has 0 N–H and O–H groups in total. The maximum atomic E-state index is 5.68. The van der Waals surface area contributed by atoms with Crippen LogP contribution in [0, 0.1) is 0 Å². The highest BCUT2D eigenvalue weighted by atomic mass is 16.6. The summed E-state index contributed by atoms with van der Waals surface area (Å²) >= 11 is 0. The summed E-state index contributed by atoms with van der Waals surface area (Å²) in [4.78, 5) is 0. The lowest BCUT2D eigenvalue weighted by molar-refractivity contribution is -0.0178. The van der Waals surface area contributed by atoms with Crippen molar-refractivity contribution in [2.75, 3.05) is 72.7 Å². The van der Waals surface area contributed by atoms with Gasteiger partial charge in [0.15, 0.2) is 0 Å². The first-order valence-electron chi connectivity index (χ1n) is 16.9. The molecule has 0 saturated heterocycles. The van der Waals surface area contributed by atoms with Crippen LogP contribution in [0.15, 0.2) is 30.3 Å². The van der Waals surface area contributed by atoms with Crippen molar-refractivity contribution in [3.8, 4) is 0 Å². The third-order valence-corrected chi connectivity index (χ3v) is 7.11. The Morgan fingerprint density at radius 1 is 0.341 bits per heavy atom. The largest absolute Gasteiger partial charge is 0.379 e. The fourth-order valence-electron chi connectivity index (χ4n) is 4.62. The van der Waals surface area contributed by atoms with E-state index in [1.165, 1.54) is 102 Å². The number of hydrogen-bond donors (Lipinski definition) is 0. The number of unbranched alkanes of at least 4 members (excludes halogenated alkanes) is 15. The normalized spacial score (nSPS) is 11.4. The Bertz CT molecular complexity index is 600. The molecule has 0 aliphatic heterocycles. The molecule has 6 nitrogen and oxygen atoms in total. The van der Waals surface area contributed by atoms with Gasteiger partial charge in [0.05, 0.1) is 72.7 Å². The van der Waals surface area contributed by atoms with E-state index in [1.807, 2.05) is 18.2 Å². The highest BCUT2D eigenvalue weighted by molar-refractivity contribution is 5.13. The highest BCUT2D eigenvalue weighted by Gasteiger charge is 1.97. The van der Waals surface area contributed by atoms with Crippen LogP contribution in [-0.2, 0) is 35.0 Å². The fraction of sp³-hybridized carbons (Fsp3) is 0.829. The summed E-state index contributed by atoms with van der Waals surface area (Å²) in [6, 6.07) is 10.1. The molecule has 0 heterocycles. The Labute approximate surface area is 253 Å². The Kier molecular flexibility index (Phi) is 31.0. The molecular weight excluding hydrogens is 516 g/mol. The zero-order valence-corrected chi connectivity index (χ0v) is 26.6. The summed E-state index contributed by atoms with van der Waals surface area (Å²) in [6.07, 6.45) is 22.3. The number of rotatable bonds is 34. The van der Waals surface area contributed by atoms with E-state index >= 15 is 0 Å². The lowest BCUT2D eigenvalue weighted by Gasteiger charge is -2.08. The molecular formula is C35H64O6. The molecule has 1 rings (SSSR count). The van der Waals surface area contributed by atoms with Crippen molar-refractivity contribution in [2.24, 2.45) is 0 Å². The van der Waals surface area contributed by atoms with Crippen LogP contribution < -0.4 is 0 Å². The maximum Gasteiger partial charge on any atom is 0.0718 e. The van der Waals surface area contributed by atoms with Gasteiger partial charge < -0.3 is 28.4 Å². The van der Waals surface area contributed by atoms with Gasteiger partial charge in [-0.2, -0.15) is 0 Å². The van der Waals surface area contributed by atoms with Crippen molar-refractivity contribution in [1.82, 2.24) is 0 Å². The molecule has 41 heavy (non-hydrogen) atoms. The minimum atomic E-state index is 0.565. The van der Waals surface area contributed by atoms with E-state index in [0.717, 1.165) is 13.0 Å². The summed E-state index contributed by atoms with van der Waals surface area (Å²) in [6.45, 7) is 9.65. The molecule has 0 spiro atoms. The van der Waals surface area contributed by atoms with Crippen LogP contribution in [0.2, 0.25) is 0 Å². The van der Waals surface area contributed by atoms with Crippen LogP contribution >= 0.6 is 0 Å². The second kappa shape index (κ2) is 33.5. The lowest BCUT2D eigenvalue weighted by atomic mass is 10.0. The SMILES string of the molecule is CCCCCCCCCCCCCCCCCCOCCOCCOCCOCCOCCOCc1ccccc1. The second-order valence-corrected chi connectivity index (χ2v) is 10.9. The minimum absolute atomic E-state index is 0.565. The topological polar surface area (TPSA) is 55.4 Å². The quantitative estimate of drug-likeness (QED) is 0.0762. The highest BCUT2D eigenvalue weighted by Crippen LogP contribution is 2.13. The first kappa shape index (κ1) is 38.0. The van der Waals surface area contributed by atoms with Gasteiger partial charge in [-0.3, -0.25) is 0 Å². The first-order chi connectivity index (χ1) is 20.4. The van der Waals surface area contributed by atoms with Crippen molar-refractivity contribution in [3.63, 3.8) is 0 Å². The summed E-state index contributed by atoms with van der Waals surface area (Å²) in [5.74, 6) is 0. The van der Waals surface area contributed by atoms with E-state index in [1.54, 1.807) is 0 Å². The monoisotopic (exact) mass is 580 g/mol. The molecule has 0 aliphatic carbocycles. The fourth-order valence-corrected chi connectivity index (χ4v) is 4.62. The molecule has 0 aromatic heterocycles. The van der Waals surface area contributed by atoms with Gasteiger partial charge in [-0.25, -0.2) is 0 Å². The third-order valence-electron chi connectivity index (χ3n) is 7.11.